The lowest BCUT2D eigenvalue weighted by Gasteiger charge is -2.39. The van der Waals surface area contributed by atoms with Crippen molar-refractivity contribution in [2.45, 2.75) is 64.9 Å². The lowest BCUT2D eigenvalue weighted by molar-refractivity contribution is -0.0432. The lowest BCUT2D eigenvalue weighted by atomic mass is 9.70. The molecule has 1 nitrogen and oxygen atoms in total. The van der Waals surface area contributed by atoms with Gasteiger partial charge in [0.2, 0.25) is 0 Å². The van der Waals surface area contributed by atoms with Crippen molar-refractivity contribution in [3.8, 4) is 0 Å². The fraction of sp³-hybridized carbons (Fsp3) is 1.00. The van der Waals surface area contributed by atoms with Gasteiger partial charge in [-0.05, 0) is 69.1 Å². The fourth-order valence-corrected chi connectivity index (χ4v) is 3.37. The van der Waals surface area contributed by atoms with E-state index in [1.54, 1.807) is 0 Å². The van der Waals surface area contributed by atoms with Crippen LogP contribution in [0, 0.1) is 23.7 Å². The molecule has 0 aliphatic heterocycles. The summed E-state index contributed by atoms with van der Waals surface area (Å²) in [6, 6.07) is 0. The van der Waals surface area contributed by atoms with Gasteiger partial charge in [-0.2, -0.15) is 0 Å². The van der Waals surface area contributed by atoms with Gasteiger partial charge in [0.1, 0.15) is 0 Å². The van der Waals surface area contributed by atoms with Crippen LogP contribution in [-0.4, -0.2) is 10.7 Å². The Morgan fingerprint density at radius 2 is 1.33 bits per heavy atom. The molecule has 0 heterocycles. The van der Waals surface area contributed by atoms with Crippen LogP contribution < -0.4 is 0 Å². The molecule has 0 aromatic rings. The Morgan fingerprint density at radius 3 is 1.67 bits per heavy atom. The van der Waals surface area contributed by atoms with Crippen LogP contribution in [0.1, 0.15) is 59.3 Å². The maximum absolute atomic E-state index is 10.5. The molecule has 1 unspecified atom stereocenters. The minimum Gasteiger partial charge on any atom is -0.390 e. The van der Waals surface area contributed by atoms with Crippen molar-refractivity contribution in [2.75, 3.05) is 0 Å². The summed E-state index contributed by atoms with van der Waals surface area (Å²) in [7, 11) is 0. The molecule has 2 aliphatic rings. The SMILES string of the molecule is CC(C)C1CCC(C(C)(O)C2CC2)CC1. The Labute approximate surface area is 94.3 Å². The van der Waals surface area contributed by atoms with Gasteiger partial charge in [-0.25, -0.2) is 0 Å². The third kappa shape index (κ3) is 2.38. The van der Waals surface area contributed by atoms with Gasteiger partial charge in [0, 0.05) is 0 Å². The molecule has 15 heavy (non-hydrogen) atoms. The van der Waals surface area contributed by atoms with E-state index in [0.717, 1.165) is 11.8 Å². The smallest absolute Gasteiger partial charge is 0.0675 e. The second-order valence-corrected chi connectivity index (χ2v) is 6.36. The molecule has 0 radical (unpaired) electrons. The predicted molar refractivity (Wildman–Crippen MR) is 63.6 cm³/mol. The predicted octanol–water partition coefficient (Wildman–Crippen LogP) is 3.61. The van der Waals surface area contributed by atoms with Crippen LogP contribution in [0.15, 0.2) is 0 Å². The summed E-state index contributed by atoms with van der Waals surface area (Å²) in [5.74, 6) is 2.95. The van der Waals surface area contributed by atoms with Crippen molar-refractivity contribution in [2.24, 2.45) is 23.7 Å². The molecule has 1 N–H and O–H groups in total. The van der Waals surface area contributed by atoms with E-state index in [-0.39, 0.29) is 5.60 Å². The normalized spacial score (nSPS) is 36.6. The van der Waals surface area contributed by atoms with E-state index in [1.807, 2.05) is 0 Å². The van der Waals surface area contributed by atoms with Crippen molar-refractivity contribution >= 4 is 0 Å². The number of rotatable bonds is 3. The maximum Gasteiger partial charge on any atom is 0.0675 e. The van der Waals surface area contributed by atoms with Crippen molar-refractivity contribution in [3.05, 3.63) is 0 Å². The summed E-state index contributed by atoms with van der Waals surface area (Å²) in [6.07, 6.45) is 7.71. The molecule has 1 heteroatoms. The van der Waals surface area contributed by atoms with E-state index < -0.39 is 0 Å². The van der Waals surface area contributed by atoms with Crippen molar-refractivity contribution in [1.29, 1.82) is 0 Å². The molecule has 1 atom stereocenters. The molecule has 0 saturated heterocycles. The molecule has 0 bridgehead atoms. The second-order valence-electron chi connectivity index (χ2n) is 6.36. The Hall–Kier alpha value is -0.0400. The molecule has 0 spiro atoms. The van der Waals surface area contributed by atoms with Crippen LogP contribution in [0.25, 0.3) is 0 Å². The molecule has 88 valence electrons. The zero-order valence-corrected chi connectivity index (χ0v) is 10.5. The standard InChI is InChI=1S/C14H26O/c1-10(2)11-4-6-12(7-5-11)14(3,15)13-8-9-13/h10-13,15H,4-9H2,1-3H3. The highest BCUT2D eigenvalue weighted by molar-refractivity contribution is 4.97. The summed E-state index contributed by atoms with van der Waals surface area (Å²) in [5.41, 5.74) is -0.345. The third-order valence-corrected chi connectivity index (χ3v) is 4.95. The summed E-state index contributed by atoms with van der Waals surface area (Å²) in [6.45, 7) is 6.76. The monoisotopic (exact) mass is 210 g/mol. The van der Waals surface area contributed by atoms with Gasteiger partial charge in [0.15, 0.2) is 0 Å². The van der Waals surface area contributed by atoms with E-state index in [0.29, 0.717) is 11.8 Å². The first kappa shape index (κ1) is 11.4. The zero-order chi connectivity index (χ0) is 11.1. The summed E-state index contributed by atoms with van der Waals surface area (Å²) in [5, 5.41) is 10.5. The summed E-state index contributed by atoms with van der Waals surface area (Å²) in [4.78, 5) is 0. The highest BCUT2D eigenvalue weighted by Crippen LogP contribution is 2.48. The lowest BCUT2D eigenvalue weighted by Crippen LogP contribution is -2.39. The molecule has 2 fully saturated rings. The zero-order valence-electron chi connectivity index (χ0n) is 10.5. The maximum atomic E-state index is 10.5. The van der Waals surface area contributed by atoms with Crippen LogP contribution in [0.4, 0.5) is 0 Å². The third-order valence-electron chi connectivity index (χ3n) is 4.95. The van der Waals surface area contributed by atoms with Crippen molar-refractivity contribution < 1.29 is 5.11 Å². The van der Waals surface area contributed by atoms with Crippen molar-refractivity contribution in [1.82, 2.24) is 0 Å². The van der Waals surface area contributed by atoms with Gasteiger partial charge < -0.3 is 5.11 Å². The van der Waals surface area contributed by atoms with Gasteiger partial charge >= 0.3 is 0 Å². The first-order valence-electron chi connectivity index (χ1n) is 6.74. The van der Waals surface area contributed by atoms with Crippen LogP contribution in [0.3, 0.4) is 0 Å². The minimum absolute atomic E-state index is 0.345. The molecule has 0 aromatic heterocycles. The van der Waals surface area contributed by atoms with E-state index >= 15 is 0 Å². The van der Waals surface area contributed by atoms with Crippen LogP contribution in [0.5, 0.6) is 0 Å². The minimum atomic E-state index is -0.345. The average Bonchev–Trinajstić information content (AvgIpc) is 3.01. The molecule has 2 aliphatic carbocycles. The molecule has 0 aromatic carbocycles. The average molecular weight is 210 g/mol. The largest absolute Gasteiger partial charge is 0.390 e. The highest BCUT2D eigenvalue weighted by Gasteiger charge is 2.46. The van der Waals surface area contributed by atoms with Crippen LogP contribution >= 0.6 is 0 Å². The van der Waals surface area contributed by atoms with Crippen LogP contribution in [-0.2, 0) is 0 Å². The first-order valence-corrected chi connectivity index (χ1v) is 6.74. The second kappa shape index (κ2) is 4.08. The van der Waals surface area contributed by atoms with Gasteiger partial charge in [0.05, 0.1) is 5.60 Å². The summed E-state index contributed by atoms with van der Waals surface area (Å²) < 4.78 is 0. The molecule has 2 rings (SSSR count). The van der Waals surface area contributed by atoms with Gasteiger partial charge in [-0.3, -0.25) is 0 Å². The van der Waals surface area contributed by atoms with E-state index in [1.165, 1.54) is 38.5 Å². The topological polar surface area (TPSA) is 20.2 Å². The Balaban J connectivity index is 1.87. The van der Waals surface area contributed by atoms with Crippen molar-refractivity contribution in [3.63, 3.8) is 0 Å². The van der Waals surface area contributed by atoms with E-state index in [2.05, 4.69) is 20.8 Å². The number of aliphatic hydroxyl groups is 1. The Morgan fingerprint density at radius 1 is 0.933 bits per heavy atom. The molecule has 0 amide bonds. The highest BCUT2D eigenvalue weighted by atomic mass is 16.3. The molecule has 2 saturated carbocycles. The first-order chi connectivity index (χ1) is 7.01. The summed E-state index contributed by atoms with van der Waals surface area (Å²) >= 11 is 0. The molecular weight excluding hydrogens is 184 g/mol. The van der Waals surface area contributed by atoms with E-state index in [9.17, 15) is 5.11 Å². The van der Waals surface area contributed by atoms with E-state index in [4.69, 9.17) is 0 Å². The Kier molecular flexibility index (Phi) is 3.12. The van der Waals surface area contributed by atoms with Gasteiger partial charge in [-0.15, -0.1) is 0 Å². The van der Waals surface area contributed by atoms with Crippen LogP contribution in [0.2, 0.25) is 0 Å². The fourth-order valence-electron chi connectivity index (χ4n) is 3.37. The number of hydrogen-bond donors (Lipinski definition) is 1. The molecular formula is C14H26O. The van der Waals surface area contributed by atoms with Gasteiger partial charge in [-0.1, -0.05) is 13.8 Å². The Bertz CT molecular complexity index is 207. The van der Waals surface area contributed by atoms with Gasteiger partial charge in [0.25, 0.3) is 0 Å². The number of hydrogen-bond acceptors (Lipinski definition) is 1. The quantitative estimate of drug-likeness (QED) is 0.754.